The van der Waals surface area contributed by atoms with Gasteiger partial charge >= 0.3 is 0 Å². The van der Waals surface area contributed by atoms with E-state index in [1.54, 1.807) is 32.3 Å². The fourth-order valence-electron chi connectivity index (χ4n) is 4.43. The molecule has 38 heavy (non-hydrogen) atoms. The second-order valence-corrected chi connectivity index (χ2v) is 11.3. The zero-order valence-electron chi connectivity index (χ0n) is 22.6. The summed E-state index contributed by atoms with van der Waals surface area (Å²) in [6, 6.07) is 17.4. The van der Waals surface area contributed by atoms with E-state index in [9.17, 15) is 9.90 Å². The molecule has 5 aromatic rings. The van der Waals surface area contributed by atoms with Gasteiger partial charge in [0.25, 0.3) is 5.91 Å². The largest absolute Gasteiger partial charge is 0.386 e. The number of aromatic nitrogens is 4. The summed E-state index contributed by atoms with van der Waals surface area (Å²) >= 11 is 0. The van der Waals surface area contributed by atoms with Gasteiger partial charge in [-0.1, -0.05) is 32.9 Å². The van der Waals surface area contributed by atoms with E-state index in [-0.39, 0.29) is 11.3 Å². The maximum absolute atomic E-state index is 13.4. The number of fused-ring (bicyclic) bond motifs is 1. The van der Waals surface area contributed by atoms with Crippen molar-refractivity contribution < 1.29 is 9.90 Å². The van der Waals surface area contributed by atoms with Crippen molar-refractivity contribution in [2.75, 3.05) is 5.32 Å². The number of benzene rings is 2. The molecule has 0 bridgehead atoms. The highest BCUT2D eigenvalue weighted by Crippen LogP contribution is 2.30. The Morgan fingerprint density at radius 1 is 0.947 bits per heavy atom. The average molecular weight is 508 g/mol. The number of nitrogens with one attached hydrogen (secondary N) is 1. The van der Waals surface area contributed by atoms with Crippen molar-refractivity contribution >= 4 is 17.2 Å². The third-order valence-corrected chi connectivity index (χ3v) is 6.77. The minimum atomic E-state index is -1.06. The van der Waals surface area contributed by atoms with Crippen molar-refractivity contribution in [3.05, 3.63) is 102 Å². The van der Waals surface area contributed by atoms with Crippen molar-refractivity contribution in [2.45, 2.75) is 52.6 Å². The molecule has 0 saturated carbocycles. The molecule has 3 heterocycles. The Hall–Kier alpha value is -4.23. The number of hydrogen-bond donors (Lipinski definition) is 2. The van der Waals surface area contributed by atoms with Crippen LogP contribution in [0.15, 0.2) is 79.4 Å². The zero-order valence-corrected chi connectivity index (χ0v) is 22.6. The molecule has 2 N–H and O–H groups in total. The molecule has 7 nitrogen and oxygen atoms in total. The van der Waals surface area contributed by atoms with Gasteiger partial charge in [0, 0.05) is 47.7 Å². The maximum Gasteiger partial charge on any atom is 0.255 e. The first kappa shape index (κ1) is 25.4. The summed E-state index contributed by atoms with van der Waals surface area (Å²) in [5.74, 6) is -0.225. The molecule has 194 valence electrons. The Bertz CT molecular complexity index is 1600. The van der Waals surface area contributed by atoms with Gasteiger partial charge in [-0.05, 0) is 79.3 Å². The Morgan fingerprint density at radius 2 is 1.71 bits per heavy atom. The highest BCUT2D eigenvalue weighted by molar-refractivity contribution is 6.04. The van der Waals surface area contributed by atoms with E-state index in [0.29, 0.717) is 16.8 Å². The van der Waals surface area contributed by atoms with Crippen molar-refractivity contribution in [1.29, 1.82) is 0 Å². The van der Waals surface area contributed by atoms with Crippen LogP contribution < -0.4 is 5.32 Å². The van der Waals surface area contributed by atoms with Crippen LogP contribution in [0.3, 0.4) is 0 Å². The minimum absolute atomic E-state index is 0.174. The van der Waals surface area contributed by atoms with Gasteiger partial charge in [0.1, 0.15) is 5.65 Å². The van der Waals surface area contributed by atoms with E-state index in [4.69, 9.17) is 5.10 Å². The van der Waals surface area contributed by atoms with Crippen LogP contribution in [0.1, 0.15) is 61.7 Å². The summed E-state index contributed by atoms with van der Waals surface area (Å²) in [6.45, 7) is 11.8. The van der Waals surface area contributed by atoms with Crippen molar-refractivity contribution in [1.82, 2.24) is 19.2 Å². The molecule has 0 spiro atoms. The number of rotatable bonds is 5. The Labute approximate surface area is 222 Å². The van der Waals surface area contributed by atoms with Crippen LogP contribution in [-0.2, 0) is 11.0 Å². The van der Waals surface area contributed by atoms with Crippen molar-refractivity contribution in [2.24, 2.45) is 0 Å². The smallest absolute Gasteiger partial charge is 0.255 e. The predicted molar refractivity (Wildman–Crippen MR) is 151 cm³/mol. The number of anilines is 1. The molecule has 1 amide bonds. The van der Waals surface area contributed by atoms with Crippen molar-refractivity contribution in [3.8, 4) is 16.9 Å². The summed E-state index contributed by atoms with van der Waals surface area (Å²) in [5, 5.41) is 18.4. The fraction of sp³-hybridized carbons (Fsp3) is 0.258. The van der Waals surface area contributed by atoms with Gasteiger partial charge in [-0.25, -0.2) is 4.52 Å². The van der Waals surface area contributed by atoms with Gasteiger partial charge in [-0.15, -0.1) is 0 Å². The second kappa shape index (κ2) is 9.26. The van der Waals surface area contributed by atoms with Crippen LogP contribution in [0.2, 0.25) is 0 Å². The lowest BCUT2D eigenvalue weighted by Crippen LogP contribution is -2.21. The molecule has 0 aliphatic rings. The molecule has 0 aliphatic carbocycles. The number of imidazole rings is 1. The number of amides is 1. The van der Waals surface area contributed by atoms with E-state index in [1.807, 2.05) is 72.4 Å². The number of carbonyl (C=O) groups is 1. The third kappa shape index (κ3) is 4.97. The van der Waals surface area contributed by atoms with E-state index >= 15 is 0 Å². The van der Waals surface area contributed by atoms with Gasteiger partial charge in [-0.2, -0.15) is 5.10 Å². The summed E-state index contributed by atoms with van der Waals surface area (Å²) in [5.41, 5.74) is 6.35. The van der Waals surface area contributed by atoms with Crippen molar-refractivity contribution in [3.63, 3.8) is 0 Å². The van der Waals surface area contributed by atoms with Crippen LogP contribution in [0.25, 0.3) is 22.6 Å². The summed E-state index contributed by atoms with van der Waals surface area (Å²) < 4.78 is 3.90. The van der Waals surface area contributed by atoms with E-state index in [0.717, 1.165) is 33.7 Å². The molecule has 0 saturated heterocycles. The van der Waals surface area contributed by atoms with E-state index in [2.05, 4.69) is 35.6 Å². The lowest BCUT2D eigenvalue weighted by molar-refractivity contribution is 0.0783. The van der Waals surface area contributed by atoms with Crippen LogP contribution in [0.5, 0.6) is 0 Å². The van der Waals surface area contributed by atoms with E-state index < -0.39 is 5.60 Å². The molecule has 0 radical (unpaired) electrons. The Kier molecular flexibility index (Phi) is 6.19. The predicted octanol–water partition coefficient (Wildman–Crippen LogP) is 6.27. The average Bonchev–Trinajstić information content (AvgIpc) is 3.46. The quantitative estimate of drug-likeness (QED) is 0.294. The molecule has 3 aromatic heterocycles. The summed E-state index contributed by atoms with van der Waals surface area (Å²) in [7, 11) is 0. The lowest BCUT2D eigenvalue weighted by atomic mass is 9.82. The number of carbonyl (C=O) groups excluding carboxylic acids is 1. The van der Waals surface area contributed by atoms with Crippen LogP contribution in [0, 0.1) is 6.92 Å². The molecule has 2 aromatic carbocycles. The van der Waals surface area contributed by atoms with Crippen LogP contribution >= 0.6 is 0 Å². The first-order valence-corrected chi connectivity index (χ1v) is 12.7. The normalized spacial score (nSPS) is 12.2. The number of pyridine rings is 1. The van der Waals surface area contributed by atoms with Gasteiger partial charge in [-0.3, -0.25) is 14.3 Å². The molecule has 7 heteroatoms. The summed E-state index contributed by atoms with van der Waals surface area (Å²) in [6.07, 6.45) is 7.42. The molecular weight excluding hydrogens is 474 g/mol. The number of nitrogens with zero attached hydrogens (tertiary/aromatic N) is 4. The highest BCUT2D eigenvalue weighted by atomic mass is 16.3. The molecule has 5 rings (SSSR count). The van der Waals surface area contributed by atoms with Gasteiger partial charge < -0.3 is 10.4 Å². The van der Waals surface area contributed by atoms with Gasteiger partial charge in [0.15, 0.2) is 0 Å². The topological polar surface area (TPSA) is 84.5 Å². The lowest BCUT2D eigenvalue weighted by Gasteiger charge is -2.25. The number of hydrogen-bond acceptors (Lipinski definition) is 4. The Morgan fingerprint density at radius 3 is 2.39 bits per heavy atom. The first-order valence-electron chi connectivity index (χ1n) is 12.7. The molecular formula is C31H33N5O2. The minimum Gasteiger partial charge on any atom is -0.386 e. The molecule has 0 atom stereocenters. The maximum atomic E-state index is 13.4. The number of aliphatic hydroxyl groups is 1. The SMILES string of the molecule is Cc1ccc(NC(=O)c2cc(C(C)(C)C)cc(C(C)(C)O)c2)cc1-n1ccn2nc(-c3cccnc3)cc12. The molecule has 0 fully saturated rings. The van der Waals surface area contributed by atoms with Crippen LogP contribution in [-0.4, -0.2) is 30.2 Å². The highest BCUT2D eigenvalue weighted by Gasteiger charge is 2.23. The van der Waals surface area contributed by atoms with Gasteiger partial charge in [0.2, 0.25) is 0 Å². The first-order chi connectivity index (χ1) is 17.9. The molecule has 0 unspecified atom stereocenters. The molecule has 0 aliphatic heterocycles. The standard InChI is InChI=1S/C31H33N5O2/c1-20-9-10-25(33-29(37)22-14-23(30(2,3)4)16-24(15-22)31(5,6)38)17-27(20)35-12-13-36-28(35)18-26(34-36)21-8-7-11-32-19-21/h7-19,38H,1-6H3,(H,33,37). The fourth-order valence-corrected chi connectivity index (χ4v) is 4.43. The summed E-state index contributed by atoms with van der Waals surface area (Å²) in [4.78, 5) is 17.6. The monoisotopic (exact) mass is 507 g/mol. The zero-order chi connectivity index (χ0) is 27.2. The third-order valence-electron chi connectivity index (χ3n) is 6.77. The van der Waals surface area contributed by atoms with Gasteiger partial charge in [0.05, 0.1) is 17.0 Å². The Balaban J connectivity index is 1.49. The van der Waals surface area contributed by atoms with Crippen LogP contribution in [0.4, 0.5) is 5.69 Å². The number of aryl methyl sites for hydroxylation is 1. The van der Waals surface area contributed by atoms with E-state index in [1.165, 1.54) is 0 Å². The second-order valence-electron chi connectivity index (χ2n) is 11.3.